The summed E-state index contributed by atoms with van der Waals surface area (Å²) in [5.74, 6) is 2.14. The third-order valence-electron chi connectivity index (χ3n) is 10.7. The van der Waals surface area contributed by atoms with Gasteiger partial charge in [0.05, 0.1) is 0 Å². The first-order valence-electron chi connectivity index (χ1n) is 17.2. The lowest BCUT2D eigenvalue weighted by atomic mass is 9.80. The van der Waals surface area contributed by atoms with E-state index < -0.39 is 6.10 Å². The van der Waals surface area contributed by atoms with Crippen LogP contribution in [0.5, 0.6) is 5.75 Å². The van der Waals surface area contributed by atoms with Crippen LogP contribution in [0.25, 0.3) is 0 Å². The minimum Gasteiger partial charge on any atom is -0.507 e. The zero-order chi connectivity index (χ0) is 32.2. The predicted octanol–water partition coefficient (Wildman–Crippen LogP) is 5.63. The van der Waals surface area contributed by atoms with Crippen LogP contribution in [-0.2, 0) is 27.1 Å². The molecule has 9 heteroatoms. The van der Waals surface area contributed by atoms with Gasteiger partial charge in [-0.2, -0.15) is 0 Å². The topological polar surface area (TPSA) is 94.6 Å². The molecule has 6 rings (SSSR count). The molecule has 248 valence electrons. The normalized spacial score (nSPS) is 20.9. The molecule has 4 heterocycles. The fourth-order valence-corrected chi connectivity index (χ4v) is 7.94. The Morgan fingerprint density at radius 2 is 1.59 bits per heavy atom. The third kappa shape index (κ3) is 7.30. The van der Waals surface area contributed by atoms with Gasteiger partial charge in [0, 0.05) is 64.1 Å². The first-order chi connectivity index (χ1) is 22.3. The second-order valence-corrected chi connectivity index (χ2v) is 13.6. The number of carbonyl (C=O) groups excluding carboxylic acids is 2. The van der Waals surface area contributed by atoms with E-state index in [0.717, 1.165) is 93.6 Å². The maximum atomic E-state index is 14.1. The van der Waals surface area contributed by atoms with Crippen molar-refractivity contribution in [2.75, 3.05) is 51.3 Å². The lowest BCUT2D eigenvalue weighted by Crippen LogP contribution is -2.50. The average molecular weight is 631 g/mol. The van der Waals surface area contributed by atoms with Crippen molar-refractivity contribution in [3.8, 4) is 5.75 Å². The highest BCUT2D eigenvalue weighted by atomic mass is 16.5. The van der Waals surface area contributed by atoms with Gasteiger partial charge < -0.3 is 34.6 Å². The van der Waals surface area contributed by atoms with Crippen LogP contribution in [0.4, 0.5) is 10.5 Å². The first-order valence-corrected chi connectivity index (χ1v) is 17.2. The van der Waals surface area contributed by atoms with Crippen LogP contribution in [0.2, 0.25) is 0 Å². The van der Waals surface area contributed by atoms with E-state index in [1.807, 2.05) is 54.0 Å². The van der Waals surface area contributed by atoms with E-state index in [9.17, 15) is 14.7 Å². The van der Waals surface area contributed by atoms with E-state index in [1.54, 1.807) is 0 Å². The summed E-state index contributed by atoms with van der Waals surface area (Å²) in [7, 11) is 0. The molecule has 0 aliphatic carbocycles. The SMILES string of the molecule is C=C(O[C@H](Cc1cc(C)c(O)c(C)c1)C(=O)N1CCC(C2CCOCC2)CC1)N1CCC(N2CCc3ccccc3NC2=O)CC1. The molecular formula is C37H50N4O5. The molecule has 2 aromatic carbocycles. The van der Waals surface area contributed by atoms with Crippen LogP contribution in [0.15, 0.2) is 48.9 Å². The number of amides is 3. The molecule has 3 amide bonds. The number of phenolic OH excluding ortho intramolecular Hbond substituents is 1. The van der Waals surface area contributed by atoms with Crippen molar-refractivity contribution in [1.29, 1.82) is 0 Å². The van der Waals surface area contributed by atoms with Gasteiger partial charge in [-0.05, 0) is 106 Å². The molecule has 9 nitrogen and oxygen atoms in total. The summed E-state index contributed by atoms with van der Waals surface area (Å²) in [6, 6.07) is 12.0. The lowest BCUT2D eigenvalue weighted by Gasteiger charge is -2.41. The van der Waals surface area contributed by atoms with E-state index in [0.29, 0.717) is 43.8 Å². The van der Waals surface area contributed by atoms with Gasteiger partial charge in [-0.15, -0.1) is 0 Å². The van der Waals surface area contributed by atoms with Crippen molar-refractivity contribution >= 4 is 17.6 Å². The van der Waals surface area contributed by atoms with Gasteiger partial charge in [-0.3, -0.25) is 4.79 Å². The Hall–Kier alpha value is -3.72. The molecule has 0 saturated carbocycles. The second kappa shape index (κ2) is 14.4. The smallest absolute Gasteiger partial charge is 0.322 e. The zero-order valence-electron chi connectivity index (χ0n) is 27.5. The monoisotopic (exact) mass is 630 g/mol. The molecule has 4 aliphatic heterocycles. The summed E-state index contributed by atoms with van der Waals surface area (Å²) in [6.07, 6.45) is 6.42. The molecular weight excluding hydrogens is 580 g/mol. The molecule has 0 bridgehead atoms. The Kier molecular flexibility index (Phi) is 10.1. The molecule has 0 spiro atoms. The van der Waals surface area contributed by atoms with E-state index in [-0.39, 0.29) is 23.7 Å². The number of likely N-dealkylation sites (tertiary alicyclic amines) is 2. The summed E-state index contributed by atoms with van der Waals surface area (Å²) >= 11 is 0. The molecule has 3 saturated heterocycles. The quantitative estimate of drug-likeness (QED) is 0.368. The number of para-hydroxylation sites is 1. The Morgan fingerprint density at radius 3 is 2.28 bits per heavy atom. The largest absolute Gasteiger partial charge is 0.507 e. The van der Waals surface area contributed by atoms with Crippen molar-refractivity contribution in [2.24, 2.45) is 11.8 Å². The number of piperidine rings is 2. The average Bonchev–Trinajstić information content (AvgIpc) is 3.25. The fourth-order valence-electron chi connectivity index (χ4n) is 7.94. The number of phenols is 1. The molecule has 46 heavy (non-hydrogen) atoms. The standard InChI is InChI=1S/C37H50N4O5/c1-25-22-28(23-26(2)35(25)42)24-34(36(43)40-15-8-29(9-16-40)30-13-20-45-21-14-30)46-27(3)39-17-11-32(12-18-39)41-19-10-31-6-4-5-7-33(31)38-37(41)44/h4-7,22-23,29-30,32,34,42H,3,8-21,24H2,1-2H3,(H,38,44)/t34-/m1/s1. The molecule has 2 N–H and O–H groups in total. The van der Waals surface area contributed by atoms with Gasteiger partial charge in [-0.1, -0.05) is 30.3 Å². The Balaban J connectivity index is 1.09. The Labute approximate surface area is 273 Å². The minimum atomic E-state index is -0.705. The second-order valence-electron chi connectivity index (χ2n) is 13.6. The summed E-state index contributed by atoms with van der Waals surface area (Å²) in [5, 5.41) is 13.5. The number of fused-ring (bicyclic) bond motifs is 1. The number of nitrogens with one attached hydrogen (secondary N) is 1. The highest BCUT2D eigenvalue weighted by Crippen LogP contribution is 2.33. The van der Waals surface area contributed by atoms with Gasteiger partial charge in [0.15, 0.2) is 12.0 Å². The van der Waals surface area contributed by atoms with Crippen LogP contribution in [0, 0.1) is 25.7 Å². The Morgan fingerprint density at radius 1 is 0.957 bits per heavy atom. The van der Waals surface area contributed by atoms with Crippen LogP contribution in [-0.4, -0.2) is 89.8 Å². The lowest BCUT2D eigenvalue weighted by molar-refractivity contribution is -0.144. The summed E-state index contributed by atoms with van der Waals surface area (Å²) in [4.78, 5) is 33.3. The number of ether oxygens (including phenoxy) is 2. The Bertz CT molecular complexity index is 1380. The number of rotatable bonds is 8. The van der Waals surface area contributed by atoms with Crippen molar-refractivity contribution in [1.82, 2.24) is 14.7 Å². The zero-order valence-corrected chi connectivity index (χ0v) is 27.5. The number of aromatic hydroxyl groups is 1. The number of nitrogens with zero attached hydrogens (tertiary/aromatic N) is 3. The number of hydrogen-bond acceptors (Lipinski definition) is 6. The number of carbonyl (C=O) groups is 2. The van der Waals surface area contributed by atoms with E-state index in [2.05, 4.69) is 22.9 Å². The molecule has 0 unspecified atom stereocenters. The fraction of sp³-hybridized carbons (Fsp3) is 0.568. The highest BCUT2D eigenvalue weighted by Gasteiger charge is 2.35. The van der Waals surface area contributed by atoms with Crippen LogP contribution in [0.3, 0.4) is 0 Å². The van der Waals surface area contributed by atoms with Crippen molar-refractivity contribution in [3.05, 3.63) is 71.1 Å². The predicted molar refractivity (Wildman–Crippen MR) is 179 cm³/mol. The summed E-state index contributed by atoms with van der Waals surface area (Å²) in [6.45, 7) is 13.4. The number of hydrogen-bond donors (Lipinski definition) is 2. The first kappa shape index (κ1) is 32.2. The van der Waals surface area contributed by atoms with Gasteiger partial charge in [0.1, 0.15) is 5.75 Å². The van der Waals surface area contributed by atoms with E-state index in [1.165, 1.54) is 5.56 Å². The van der Waals surface area contributed by atoms with Gasteiger partial charge in [0.2, 0.25) is 0 Å². The third-order valence-corrected chi connectivity index (χ3v) is 10.7. The van der Waals surface area contributed by atoms with Gasteiger partial charge in [0.25, 0.3) is 5.91 Å². The van der Waals surface area contributed by atoms with Crippen molar-refractivity contribution < 1.29 is 24.2 Å². The number of urea groups is 1. The minimum absolute atomic E-state index is 0.00523. The molecule has 2 aromatic rings. The molecule has 1 atom stereocenters. The molecule has 0 radical (unpaired) electrons. The molecule has 0 aromatic heterocycles. The number of benzene rings is 2. The van der Waals surface area contributed by atoms with Crippen molar-refractivity contribution in [3.63, 3.8) is 0 Å². The highest BCUT2D eigenvalue weighted by molar-refractivity contribution is 5.91. The maximum absolute atomic E-state index is 14.1. The number of anilines is 1. The summed E-state index contributed by atoms with van der Waals surface area (Å²) < 4.78 is 12.1. The summed E-state index contributed by atoms with van der Waals surface area (Å²) in [5.41, 5.74) is 4.61. The van der Waals surface area contributed by atoms with Gasteiger partial charge in [-0.25, -0.2) is 4.79 Å². The van der Waals surface area contributed by atoms with Crippen molar-refractivity contribution in [2.45, 2.75) is 77.4 Å². The van der Waals surface area contributed by atoms with E-state index >= 15 is 0 Å². The maximum Gasteiger partial charge on any atom is 0.322 e. The van der Waals surface area contributed by atoms with Gasteiger partial charge >= 0.3 is 6.03 Å². The molecule has 4 aliphatic rings. The molecule has 3 fully saturated rings. The van der Waals surface area contributed by atoms with Crippen LogP contribution in [0.1, 0.15) is 60.8 Å². The number of aryl methyl sites for hydroxylation is 2. The van der Waals surface area contributed by atoms with Crippen LogP contribution >= 0.6 is 0 Å². The van der Waals surface area contributed by atoms with E-state index in [4.69, 9.17) is 9.47 Å². The van der Waals surface area contributed by atoms with Crippen LogP contribution < -0.4 is 5.32 Å².